The lowest BCUT2D eigenvalue weighted by atomic mass is 30.1. The van der Waals surface area contributed by atoms with Gasteiger partial charge in [0.15, 0.2) is 0 Å². The van der Waals surface area contributed by atoms with Crippen molar-refractivity contribution in [2.45, 2.75) is 0 Å². The molecule has 0 nitrogen and oxygen atoms in total. The fourth-order valence-electron chi connectivity index (χ4n) is 0.0702. The van der Waals surface area contributed by atoms with Crippen molar-refractivity contribution < 1.29 is 0 Å². The summed E-state index contributed by atoms with van der Waals surface area (Å²) in [5, 5.41) is 0. The quantitative estimate of drug-likeness (QED) is 0.331. The van der Waals surface area contributed by atoms with Gasteiger partial charge in [-0.2, -0.15) is 0 Å². The van der Waals surface area contributed by atoms with Crippen molar-refractivity contribution in [3.05, 3.63) is 0 Å². The van der Waals surface area contributed by atoms with E-state index in [0.717, 1.165) is 0 Å². The normalized spacial score (nSPS) is 10.2. The Balaban J connectivity index is 2.65. The summed E-state index contributed by atoms with van der Waals surface area (Å²) < 4.78 is 0. The first kappa shape index (κ1) is 13.5. The zero-order chi connectivity index (χ0) is 7.66. The summed E-state index contributed by atoms with van der Waals surface area (Å²) in [4.78, 5) is 0. The van der Waals surface area contributed by atoms with Gasteiger partial charge in [0.1, 0.15) is 0 Å². The molecule has 0 rings (SSSR count). The molecule has 0 aliphatic rings. The Bertz CT molecular complexity index is 40.0. The molecule has 0 aromatic heterocycles. The van der Waals surface area contributed by atoms with Crippen LogP contribution in [0.2, 0.25) is 0 Å². The van der Waals surface area contributed by atoms with Crippen LogP contribution in [0.4, 0.5) is 0 Å². The van der Waals surface area contributed by atoms with Crippen LogP contribution in [-0.2, 0) is 0 Å². The molecule has 0 aliphatic carbocycles. The summed E-state index contributed by atoms with van der Waals surface area (Å²) in [6, 6.07) is 0. The Morgan fingerprint density at radius 2 is 0.800 bits per heavy atom. The van der Waals surface area contributed by atoms with Crippen LogP contribution >= 0.6 is 102 Å². The maximum Gasteiger partial charge on any atom is -0.000000531 e. The highest BCUT2D eigenvalue weighted by Crippen LogP contribution is 2.57. The van der Waals surface area contributed by atoms with Crippen molar-refractivity contribution in [1.29, 1.82) is 0 Å². The largest absolute Gasteiger partial charge is 0.0988 e. The molecule has 0 bridgehead atoms. The third kappa shape index (κ3) is 11.5. The SMILES string of the molecule is SSSSSSSSSS. The lowest BCUT2D eigenvalue weighted by molar-refractivity contribution is 5.67. The molecule has 0 saturated carbocycles. The summed E-state index contributed by atoms with van der Waals surface area (Å²) in [5.74, 6) is 0. The number of hydrogen-bond donors (Lipinski definition) is 2. The first-order valence-electron chi connectivity index (χ1n) is 1.53. The monoisotopic (exact) mass is 322 g/mol. The summed E-state index contributed by atoms with van der Waals surface area (Å²) >= 11 is 7.94. The highest BCUT2D eigenvalue weighted by Gasteiger charge is 1.92. The Labute approximate surface area is 100 Å². The maximum absolute atomic E-state index is 3.97. The molecule has 0 unspecified atom stereocenters. The van der Waals surface area contributed by atoms with Crippen molar-refractivity contribution in [3.8, 4) is 0 Å². The van der Waals surface area contributed by atoms with Gasteiger partial charge in [0, 0.05) is 0 Å². The van der Waals surface area contributed by atoms with Gasteiger partial charge in [-0.1, -0.05) is 23.3 Å². The summed E-state index contributed by atoms with van der Waals surface area (Å²) in [6.07, 6.45) is 0. The summed E-state index contributed by atoms with van der Waals surface area (Å²) in [5.41, 5.74) is 0. The lowest BCUT2D eigenvalue weighted by Crippen LogP contribution is -1.27. The fraction of sp³-hybridized carbons (Fsp3) is 0. The minimum absolute atomic E-state index is 1.47. The van der Waals surface area contributed by atoms with E-state index in [1.807, 2.05) is 0 Å². The van der Waals surface area contributed by atoms with E-state index in [1.165, 1.54) is 19.7 Å². The van der Waals surface area contributed by atoms with E-state index in [2.05, 4.69) is 23.3 Å². The standard InChI is InChI=1S/H2S10/c1-3-5-7-9-10-8-6-4-2/h1-2H. The van der Waals surface area contributed by atoms with Gasteiger partial charge in [-0.25, -0.2) is 0 Å². The molecule has 0 fully saturated rings. The molecule has 0 spiro atoms. The van der Waals surface area contributed by atoms with E-state index in [-0.39, 0.29) is 0 Å². The second-order valence-corrected chi connectivity index (χ2v) is 15.0. The third-order valence-electron chi connectivity index (χ3n) is 0.200. The molecule has 0 saturated heterocycles. The van der Waals surface area contributed by atoms with E-state index >= 15 is 0 Å². The second kappa shape index (κ2) is 12.5. The Hall–Kier alpha value is 3.50. The van der Waals surface area contributed by atoms with Crippen molar-refractivity contribution in [2.75, 3.05) is 0 Å². The fourth-order valence-corrected chi connectivity index (χ4v) is 17.1. The van der Waals surface area contributed by atoms with E-state index < -0.39 is 0 Å². The molecule has 10 heavy (non-hydrogen) atoms. The van der Waals surface area contributed by atoms with Gasteiger partial charge in [0.25, 0.3) is 0 Å². The maximum atomic E-state index is 3.97. The molecule has 10 heteroatoms. The highest BCUT2D eigenvalue weighted by atomic mass is 34.0. The van der Waals surface area contributed by atoms with Crippen LogP contribution in [0.5, 0.6) is 0 Å². The van der Waals surface area contributed by atoms with Crippen molar-refractivity contribution >= 4 is 102 Å². The zero-order valence-corrected chi connectivity index (χ0v) is 12.5. The van der Waals surface area contributed by atoms with Gasteiger partial charge in [0.2, 0.25) is 0 Å². The van der Waals surface area contributed by atoms with E-state index in [1.54, 1.807) is 59.0 Å². The van der Waals surface area contributed by atoms with Gasteiger partial charge >= 0.3 is 0 Å². The van der Waals surface area contributed by atoms with Crippen LogP contribution in [0.3, 0.4) is 0 Å². The van der Waals surface area contributed by atoms with Gasteiger partial charge in [-0.05, 0) is 78.6 Å². The number of rotatable bonds is 7. The van der Waals surface area contributed by atoms with Crippen molar-refractivity contribution in [2.24, 2.45) is 0 Å². The number of hydrogen-bond acceptors (Lipinski definition) is 10. The molecule has 0 atom stereocenters. The van der Waals surface area contributed by atoms with Gasteiger partial charge in [-0.3, -0.25) is 0 Å². The van der Waals surface area contributed by atoms with E-state index in [4.69, 9.17) is 0 Å². The summed E-state index contributed by atoms with van der Waals surface area (Å²) in [6.45, 7) is 0. The molecular formula is H2S10. The third-order valence-corrected chi connectivity index (χ3v) is 16.2. The molecular weight excluding hydrogens is 321 g/mol. The van der Waals surface area contributed by atoms with Gasteiger partial charge < -0.3 is 0 Å². The van der Waals surface area contributed by atoms with Crippen LogP contribution in [0, 0.1) is 0 Å². The second-order valence-electron chi connectivity index (χ2n) is 0.557. The first-order valence-corrected chi connectivity index (χ1v) is 13.8. The van der Waals surface area contributed by atoms with Crippen molar-refractivity contribution in [1.82, 2.24) is 0 Å². The van der Waals surface area contributed by atoms with E-state index in [9.17, 15) is 0 Å². The molecule has 0 amide bonds. The average molecular weight is 323 g/mol. The highest BCUT2D eigenvalue weighted by molar-refractivity contribution is 9.52. The molecule has 0 N–H and O–H groups in total. The predicted molar refractivity (Wildman–Crippen MR) is 78.7 cm³/mol. The Kier molecular flexibility index (Phi) is 16.9. The lowest BCUT2D eigenvalue weighted by Gasteiger charge is -1.92. The van der Waals surface area contributed by atoms with Gasteiger partial charge in [-0.15, -0.1) is 0 Å². The van der Waals surface area contributed by atoms with Crippen LogP contribution < -0.4 is 0 Å². The first-order chi connectivity index (χ1) is 4.91. The molecule has 0 radical (unpaired) electrons. The summed E-state index contributed by atoms with van der Waals surface area (Å²) in [7, 11) is 13.2. The molecule has 0 aliphatic heterocycles. The molecule has 0 aromatic rings. The Morgan fingerprint density at radius 3 is 1.10 bits per heavy atom. The Morgan fingerprint density at radius 1 is 0.500 bits per heavy atom. The molecule has 0 heterocycles. The smallest absolute Gasteiger partial charge is 0.000000531 e. The van der Waals surface area contributed by atoms with Crippen molar-refractivity contribution in [3.63, 3.8) is 0 Å². The van der Waals surface area contributed by atoms with Crippen LogP contribution in [0.1, 0.15) is 0 Å². The van der Waals surface area contributed by atoms with Crippen LogP contribution in [0.15, 0.2) is 0 Å². The van der Waals surface area contributed by atoms with Gasteiger partial charge in [0.05, 0.1) is 0 Å². The molecule has 0 aromatic carbocycles. The number of thiol groups is 2. The van der Waals surface area contributed by atoms with Crippen LogP contribution in [0.25, 0.3) is 0 Å². The minimum Gasteiger partial charge on any atom is -0.0988 e. The van der Waals surface area contributed by atoms with Crippen LogP contribution in [-0.4, -0.2) is 0 Å². The zero-order valence-electron chi connectivity index (χ0n) is 4.16. The molecule has 62 valence electrons. The predicted octanol–water partition coefficient (Wildman–Crippen LogP) is 5.95. The average Bonchev–Trinajstić information content (AvgIpc) is 1.97. The topological polar surface area (TPSA) is 0 Å². The van der Waals surface area contributed by atoms with E-state index in [0.29, 0.717) is 0 Å². The minimum atomic E-state index is 1.47.